The maximum absolute atomic E-state index is 11.4. The zero-order chi connectivity index (χ0) is 13.0. The van der Waals surface area contributed by atoms with Gasteiger partial charge in [0.2, 0.25) is 5.88 Å². The number of carbonyl (C=O) groups excluding carboxylic acids is 1. The molecular weight excluding hydrogens is 232 g/mol. The highest BCUT2D eigenvalue weighted by Crippen LogP contribution is 2.27. The van der Waals surface area contributed by atoms with Crippen LogP contribution in [0, 0.1) is 5.92 Å². The van der Waals surface area contributed by atoms with Gasteiger partial charge in [0.05, 0.1) is 24.9 Å². The molecule has 2 N–H and O–H groups in total. The molecular formula is C13H18N2O3. The molecule has 0 bridgehead atoms. The maximum atomic E-state index is 11.4. The predicted octanol–water partition coefficient (Wildman–Crippen LogP) is 1.77. The van der Waals surface area contributed by atoms with E-state index in [-0.39, 0.29) is 18.0 Å². The summed E-state index contributed by atoms with van der Waals surface area (Å²) in [7, 11) is 1.43. The number of hydrogen-bond donors (Lipinski definition) is 1. The lowest BCUT2D eigenvalue weighted by atomic mass is 9.87. The SMILES string of the molecule is COC(=O)[C@H]1CC[C@@H](Oc2ccc(N)cn2)CC1. The summed E-state index contributed by atoms with van der Waals surface area (Å²) in [5.41, 5.74) is 6.18. The Morgan fingerprint density at radius 1 is 1.33 bits per heavy atom. The highest BCUT2D eigenvalue weighted by molar-refractivity contribution is 5.72. The summed E-state index contributed by atoms with van der Waals surface area (Å²) in [5.74, 6) is 0.499. The molecule has 0 spiro atoms. The number of rotatable bonds is 3. The molecule has 0 unspecified atom stereocenters. The molecule has 1 aliphatic rings. The molecule has 2 rings (SSSR count). The Bertz CT molecular complexity index is 397. The Hall–Kier alpha value is -1.78. The predicted molar refractivity (Wildman–Crippen MR) is 67.0 cm³/mol. The zero-order valence-electron chi connectivity index (χ0n) is 10.5. The summed E-state index contributed by atoms with van der Waals surface area (Å²) in [6.45, 7) is 0. The van der Waals surface area contributed by atoms with Crippen molar-refractivity contribution < 1.29 is 14.3 Å². The van der Waals surface area contributed by atoms with E-state index in [4.69, 9.17) is 15.2 Å². The molecule has 5 nitrogen and oxygen atoms in total. The van der Waals surface area contributed by atoms with Crippen molar-refractivity contribution in [2.45, 2.75) is 31.8 Å². The third kappa shape index (κ3) is 3.12. The van der Waals surface area contributed by atoms with E-state index in [1.54, 1.807) is 18.3 Å². The fourth-order valence-corrected chi connectivity index (χ4v) is 2.22. The first-order valence-electron chi connectivity index (χ1n) is 6.15. The summed E-state index contributed by atoms with van der Waals surface area (Å²) in [6, 6.07) is 3.53. The number of nitrogens with two attached hydrogens (primary N) is 1. The van der Waals surface area contributed by atoms with Crippen LogP contribution in [0.2, 0.25) is 0 Å². The minimum Gasteiger partial charge on any atom is -0.474 e. The van der Waals surface area contributed by atoms with E-state index in [0.717, 1.165) is 25.7 Å². The fraction of sp³-hybridized carbons (Fsp3) is 0.538. The highest BCUT2D eigenvalue weighted by Gasteiger charge is 2.27. The van der Waals surface area contributed by atoms with Crippen LogP contribution in [0.1, 0.15) is 25.7 Å². The van der Waals surface area contributed by atoms with Crippen molar-refractivity contribution in [2.75, 3.05) is 12.8 Å². The van der Waals surface area contributed by atoms with E-state index < -0.39 is 0 Å². The van der Waals surface area contributed by atoms with Gasteiger partial charge in [0.15, 0.2) is 0 Å². The molecule has 0 aliphatic heterocycles. The van der Waals surface area contributed by atoms with E-state index in [2.05, 4.69) is 4.98 Å². The number of anilines is 1. The van der Waals surface area contributed by atoms with E-state index in [1.165, 1.54) is 7.11 Å². The van der Waals surface area contributed by atoms with Crippen LogP contribution in [0.15, 0.2) is 18.3 Å². The second-order valence-corrected chi connectivity index (χ2v) is 4.54. The van der Waals surface area contributed by atoms with Crippen molar-refractivity contribution in [1.29, 1.82) is 0 Å². The Morgan fingerprint density at radius 2 is 2.06 bits per heavy atom. The average Bonchev–Trinajstić information content (AvgIpc) is 2.41. The molecule has 0 aromatic carbocycles. The van der Waals surface area contributed by atoms with Gasteiger partial charge in [-0.1, -0.05) is 0 Å². The van der Waals surface area contributed by atoms with Crippen LogP contribution in [0.3, 0.4) is 0 Å². The van der Waals surface area contributed by atoms with E-state index >= 15 is 0 Å². The molecule has 1 aromatic rings. The molecule has 1 aromatic heterocycles. The van der Waals surface area contributed by atoms with Crippen molar-refractivity contribution in [3.63, 3.8) is 0 Å². The zero-order valence-corrected chi connectivity index (χ0v) is 10.5. The van der Waals surface area contributed by atoms with E-state index in [9.17, 15) is 4.79 Å². The van der Waals surface area contributed by atoms with Gasteiger partial charge in [0.25, 0.3) is 0 Å². The lowest BCUT2D eigenvalue weighted by molar-refractivity contribution is -0.147. The normalized spacial score (nSPS) is 23.4. The van der Waals surface area contributed by atoms with E-state index in [0.29, 0.717) is 11.6 Å². The first-order chi connectivity index (χ1) is 8.69. The minimum atomic E-state index is -0.112. The van der Waals surface area contributed by atoms with Crippen LogP contribution in [0.25, 0.3) is 0 Å². The molecule has 1 aliphatic carbocycles. The van der Waals surface area contributed by atoms with E-state index in [1.807, 2.05) is 0 Å². The standard InChI is InChI=1S/C13H18N2O3/c1-17-13(16)9-2-5-11(6-3-9)18-12-7-4-10(14)8-15-12/h4,7-9,11H,2-3,5-6,14H2,1H3/t9-,11+. The first-order valence-corrected chi connectivity index (χ1v) is 6.15. The number of pyridine rings is 1. The number of nitrogens with zero attached hydrogens (tertiary/aromatic N) is 1. The third-order valence-corrected chi connectivity index (χ3v) is 3.26. The van der Waals surface area contributed by atoms with Crippen molar-refractivity contribution >= 4 is 11.7 Å². The van der Waals surface area contributed by atoms with Gasteiger partial charge in [-0.3, -0.25) is 4.79 Å². The number of nitrogen functional groups attached to an aromatic ring is 1. The monoisotopic (exact) mass is 250 g/mol. The molecule has 0 atom stereocenters. The summed E-state index contributed by atoms with van der Waals surface area (Å²) >= 11 is 0. The molecule has 1 fully saturated rings. The maximum Gasteiger partial charge on any atom is 0.308 e. The van der Waals surface area contributed by atoms with Crippen LogP contribution in [0.4, 0.5) is 5.69 Å². The summed E-state index contributed by atoms with van der Waals surface area (Å²) in [6.07, 6.45) is 5.04. The molecule has 5 heteroatoms. The Kier molecular flexibility index (Phi) is 4.02. The van der Waals surface area contributed by atoms with Crippen molar-refractivity contribution in [3.8, 4) is 5.88 Å². The number of methoxy groups -OCH3 is 1. The Labute approximate surface area is 106 Å². The largest absolute Gasteiger partial charge is 0.474 e. The van der Waals surface area contributed by atoms with Crippen LogP contribution >= 0.6 is 0 Å². The second-order valence-electron chi connectivity index (χ2n) is 4.54. The smallest absolute Gasteiger partial charge is 0.308 e. The lowest BCUT2D eigenvalue weighted by Crippen LogP contribution is -2.28. The van der Waals surface area contributed by atoms with Crippen molar-refractivity contribution in [3.05, 3.63) is 18.3 Å². The summed E-state index contributed by atoms with van der Waals surface area (Å²) in [5, 5.41) is 0. The number of carbonyl (C=O) groups is 1. The topological polar surface area (TPSA) is 74.4 Å². The molecule has 1 saturated carbocycles. The summed E-state index contributed by atoms with van der Waals surface area (Å²) in [4.78, 5) is 15.5. The quantitative estimate of drug-likeness (QED) is 0.827. The van der Waals surface area contributed by atoms with Gasteiger partial charge in [0, 0.05) is 6.07 Å². The fourth-order valence-electron chi connectivity index (χ4n) is 2.22. The number of hydrogen-bond acceptors (Lipinski definition) is 5. The van der Waals surface area contributed by atoms with Gasteiger partial charge in [0.1, 0.15) is 6.10 Å². The molecule has 18 heavy (non-hydrogen) atoms. The Balaban J connectivity index is 1.83. The molecule has 98 valence electrons. The second kappa shape index (κ2) is 5.71. The number of aromatic nitrogens is 1. The minimum absolute atomic E-state index is 0.0224. The van der Waals surface area contributed by atoms with Crippen LogP contribution in [-0.4, -0.2) is 24.2 Å². The highest BCUT2D eigenvalue weighted by atomic mass is 16.5. The van der Waals surface area contributed by atoms with Crippen molar-refractivity contribution in [1.82, 2.24) is 4.98 Å². The molecule has 0 saturated heterocycles. The summed E-state index contributed by atoms with van der Waals surface area (Å²) < 4.78 is 10.5. The molecule has 1 heterocycles. The van der Waals surface area contributed by atoms with Crippen molar-refractivity contribution in [2.24, 2.45) is 5.92 Å². The van der Waals surface area contributed by atoms with Gasteiger partial charge in [-0.25, -0.2) is 4.98 Å². The lowest BCUT2D eigenvalue weighted by Gasteiger charge is -2.27. The van der Waals surface area contributed by atoms with Crippen LogP contribution in [0.5, 0.6) is 5.88 Å². The molecule has 0 amide bonds. The van der Waals surface area contributed by atoms with Gasteiger partial charge in [-0.2, -0.15) is 0 Å². The van der Waals surface area contributed by atoms with Crippen LogP contribution < -0.4 is 10.5 Å². The number of esters is 1. The third-order valence-electron chi connectivity index (χ3n) is 3.26. The number of ether oxygens (including phenoxy) is 2. The van der Waals surface area contributed by atoms with Gasteiger partial charge in [-0.05, 0) is 31.7 Å². The van der Waals surface area contributed by atoms with Crippen LogP contribution in [-0.2, 0) is 9.53 Å². The first kappa shape index (κ1) is 12.7. The average molecular weight is 250 g/mol. The van der Waals surface area contributed by atoms with Gasteiger partial charge in [-0.15, -0.1) is 0 Å². The van der Waals surface area contributed by atoms with Gasteiger partial charge >= 0.3 is 5.97 Å². The van der Waals surface area contributed by atoms with Gasteiger partial charge < -0.3 is 15.2 Å². The molecule has 0 radical (unpaired) electrons. The Morgan fingerprint density at radius 3 is 2.61 bits per heavy atom.